The number of nitrogens with two attached hydrogens (primary N) is 1. The molecule has 11 nitrogen and oxygen atoms in total. The van der Waals surface area contributed by atoms with Crippen molar-refractivity contribution >= 4 is 33.2 Å². The number of nitrogens with zero attached hydrogens (tertiary/aromatic N) is 3. The van der Waals surface area contributed by atoms with Crippen LogP contribution in [0.25, 0.3) is 11.1 Å². The molecule has 2 aromatic heterocycles. The van der Waals surface area contributed by atoms with Crippen molar-refractivity contribution in [1.82, 2.24) is 19.6 Å². The average molecular weight is 568 g/mol. The van der Waals surface area contributed by atoms with Gasteiger partial charge in [-0.05, 0) is 36.1 Å². The van der Waals surface area contributed by atoms with Crippen LogP contribution >= 0.6 is 0 Å². The van der Waals surface area contributed by atoms with Crippen molar-refractivity contribution in [3.05, 3.63) is 84.2 Å². The number of alkyl carbamates (subject to hydrolysis) is 1. The molecule has 40 heavy (non-hydrogen) atoms. The third-order valence-corrected chi connectivity index (χ3v) is 7.96. The number of ether oxygens (including phenoxy) is 1. The molecule has 4 rings (SSSR count). The van der Waals surface area contributed by atoms with Crippen molar-refractivity contribution in [2.24, 2.45) is 5.92 Å². The summed E-state index contributed by atoms with van der Waals surface area (Å²) in [5, 5.41) is 14.1. The van der Waals surface area contributed by atoms with Gasteiger partial charge in [0, 0.05) is 37.1 Å². The van der Waals surface area contributed by atoms with Crippen LogP contribution in [-0.2, 0) is 27.8 Å². The fraction of sp³-hybridized carbons (Fsp3) is 0.321. The summed E-state index contributed by atoms with van der Waals surface area (Å²) in [7, 11) is -4.06. The Hall–Kier alpha value is -4.00. The van der Waals surface area contributed by atoms with Crippen molar-refractivity contribution in [3.63, 3.8) is 0 Å². The van der Waals surface area contributed by atoms with E-state index in [1.807, 2.05) is 44.2 Å². The van der Waals surface area contributed by atoms with Crippen LogP contribution < -0.4 is 11.1 Å². The Morgan fingerprint density at radius 1 is 1.10 bits per heavy atom. The number of pyridine rings is 1. The summed E-state index contributed by atoms with van der Waals surface area (Å²) in [5.74, 6) is -0.0448. The summed E-state index contributed by atoms with van der Waals surface area (Å²) < 4.78 is 39.3. The number of aromatic nitrogens is 2. The van der Waals surface area contributed by atoms with Gasteiger partial charge in [-0.15, -0.1) is 0 Å². The zero-order chi connectivity index (χ0) is 28.7. The van der Waals surface area contributed by atoms with E-state index in [0.29, 0.717) is 11.1 Å². The number of nitrogen functional groups attached to an aromatic ring is 1. The minimum atomic E-state index is -4.06. The number of fused-ring (bicyclic) bond motifs is 1. The molecular formula is C28H33N5O6S. The normalized spacial score (nSPS) is 13.4. The van der Waals surface area contributed by atoms with Crippen molar-refractivity contribution in [1.29, 1.82) is 0 Å². The van der Waals surface area contributed by atoms with Gasteiger partial charge < -0.3 is 25.3 Å². The molecule has 0 spiro atoms. The molecule has 0 unspecified atom stereocenters. The molecule has 0 saturated carbocycles. The Kier molecular flexibility index (Phi) is 9.35. The van der Waals surface area contributed by atoms with E-state index in [2.05, 4.69) is 15.3 Å². The molecule has 4 N–H and O–H groups in total. The first-order chi connectivity index (χ1) is 19.1. The number of carbonyl (C=O) groups is 1. The second kappa shape index (κ2) is 12.9. The van der Waals surface area contributed by atoms with Crippen molar-refractivity contribution in [2.75, 3.05) is 18.8 Å². The highest BCUT2D eigenvalue weighted by Crippen LogP contribution is 2.24. The lowest BCUT2D eigenvalue weighted by molar-refractivity contribution is 0.0873. The van der Waals surface area contributed by atoms with Gasteiger partial charge in [0.15, 0.2) is 5.58 Å². The SMILES string of the molecule is CC(C)CN(C[C@@H](O)[C@H](Cc1ccccc1)NC(=O)OCc1cccnc1)S(=O)(=O)c1ccc2nc(N)oc2c1. The monoisotopic (exact) mass is 567 g/mol. The minimum Gasteiger partial charge on any atom is -0.445 e. The summed E-state index contributed by atoms with van der Waals surface area (Å²) in [4.78, 5) is 20.7. The number of sulfonamides is 1. The Morgan fingerprint density at radius 2 is 1.85 bits per heavy atom. The predicted octanol–water partition coefficient (Wildman–Crippen LogP) is 3.35. The molecule has 12 heteroatoms. The molecule has 0 saturated heterocycles. The van der Waals surface area contributed by atoms with E-state index in [0.717, 1.165) is 5.56 Å². The first kappa shape index (κ1) is 29.0. The second-order valence-electron chi connectivity index (χ2n) is 9.84. The van der Waals surface area contributed by atoms with Crippen molar-refractivity contribution < 1.29 is 27.5 Å². The molecular weight excluding hydrogens is 534 g/mol. The first-order valence-corrected chi connectivity index (χ1v) is 14.3. The zero-order valence-electron chi connectivity index (χ0n) is 22.3. The van der Waals surface area contributed by atoms with Crippen LogP contribution in [0.15, 0.2) is 82.4 Å². The topological polar surface area (TPSA) is 161 Å². The van der Waals surface area contributed by atoms with E-state index < -0.39 is 28.3 Å². The molecule has 0 fully saturated rings. The van der Waals surface area contributed by atoms with E-state index in [1.54, 1.807) is 24.5 Å². The summed E-state index contributed by atoms with van der Waals surface area (Å²) in [6.45, 7) is 3.63. The van der Waals surface area contributed by atoms with Crippen LogP contribution in [0.3, 0.4) is 0 Å². The van der Waals surface area contributed by atoms with Gasteiger partial charge in [-0.3, -0.25) is 4.98 Å². The Morgan fingerprint density at radius 3 is 2.55 bits per heavy atom. The van der Waals surface area contributed by atoms with Gasteiger partial charge in [-0.25, -0.2) is 13.2 Å². The van der Waals surface area contributed by atoms with E-state index in [4.69, 9.17) is 14.9 Å². The molecule has 0 aliphatic heterocycles. The van der Waals surface area contributed by atoms with Gasteiger partial charge in [0.2, 0.25) is 10.0 Å². The molecule has 0 radical (unpaired) electrons. The smallest absolute Gasteiger partial charge is 0.407 e. The minimum absolute atomic E-state index is 0.00366. The van der Waals surface area contributed by atoms with Gasteiger partial charge in [0.25, 0.3) is 6.01 Å². The lowest BCUT2D eigenvalue weighted by atomic mass is 10.0. The van der Waals surface area contributed by atoms with Crippen LogP contribution in [0.1, 0.15) is 25.0 Å². The number of benzene rings is 2. The molecule has 0 bridgehead atoms. The largest absolute Gasteiger partial charge is 0.445 e. The number of rotatable bonds is 12. The Balaban J connectivity index is 1.55. The Bertz CT molecular complexity index is 1510. The van der Waals surface area contributed by atoms with Gasteiger partial charge in [0.1, 0.15) is 12.1 Å². The molecule has 0 aliphatic rings. The number of carbonyl (C=O) groups excluding carboxylic acids is 1. The van der Waals surface area contributed by atoms with Crippen LogP contribution in [0.2, 0.25) is 0 Å². The molecule has 2 heterocycles. The summed E-state index contributed by atoms with van der Waals surface area (Å²) in [6, 6.07) is 16.2. The van der Waals surface area contributed by atoms with Crippen molar-refractivity contribution in [3.8, 4) is 0 Å². The van der Waals surface area contributed by atoms with E-state index in [9.17, 15) is 18.3 Å². The van der Waals surface area contributed by atoms with Crippen molar-refractivity contribution in [2.45, 2.75) is 43.9 Å². The van der Waals surface area contributed by atoms with E-state index in [1.165, 1.54) is 22.5 Å². The highest BCUT2D eigenvalue weighted by molar-refractivity contribution is 7.89. The maximum absolute atomic E-state index is 13.7. The number of aliphatic hydroxyl groups excluding tert-OH is 1. The number of hydrogen-bond donors (Lipinski definition) is 3. The predicted molar refractivity (Wildman–Crippen MR) is 150 cm³/mol. The maximum Gasteiger partial charge on any atom is 0.407 e. The van der Waals surface area contributed by atoms with E-state index >= 15 is 0 Å². The summed E-state index contributed by atoms with van der Waals surface area (Å²) in [5.41, 5.74) is 7.85. The molecule has 2 aromatic carbocycles. The second-order valence-corrected chi connectivity index (χ2v) is 11.8. The third-order valence-electron chi connectivity index (χ3n) is 6.13. The number of nitrogens with one attached hydrogen (secondary N) is 1. The number of aliphatic hydroxyl groups is 1. The lowest BCUT2D eigenvalue weighted by Gasteiger charge is -2.30. The van der Waals surface area contributed by atoms with Crippen LogP contribution in [0, 0.1) is 5.92 Å². The molecule has 1 amide bonds. The number of hydrogen-bond acceptors (Lipinski definition) is 9. The summed E-state index contributed by atoms with van der Waals surface area (Å²) in [6.07, 6.45) is 1.46. The zero-order valence-corrected chi connectivity index (χ0v) is 23.1. The number of oxazole rings is 1. The highest BCUT2D eigenvalue weighted by Gasteiger charge is 2.32. The van der Waals surface area contributed by atoms with Crippen LogP contribution in [0.5, 0.6) is 0 Å². The number of anilines is 1. The molecule has 4 aromatic rings. The van der Waals surface area contributed by atoms with Crippen LogP contribution in [0.4, 0.5) is 10.8 Å². The standard InChI is InChI=1S/C28H33N5O6S/c1-19(2)16-33(40(36,37)22-10-11-23-26(14-22)39-27(29)31-23)17-25(34)24(13-20-7-4-3-5-8-20)32-28(35)38-18-21-9-6-12-30-15-21/h3-12,14-15,19,24-25,34H,13,16-18H2,1-2H3,(H2,29,31)(H,32,35)/t24-,25+/m0/s1. The molecule has 2 atom stereocenters. The fourth-order valence-electron chi connectivity index (χ4n) is 4.22. The first-order valence-electron chi connectivity index (χ1n) is 12.8. The lowest BCUT2D eigenvalue weighted by Crippen LogP contribution is -2.51. The fourth-order valence-corrected chi connectivity index (χ4v) is 5.86. The van der Waals surface area contributed by atoms with Gasteiger partial charge in [-0.1, -0.05) is 50.2 Å². The van der Waals surface area contributed by atoms with Gasteiger partial charge >= 0.3 is 6.09 Å². The Labute approximate surface area is 233 Å². The quantitative estimate of drug-likeness (QED) is 0.233. The third kappa shape index (κ3) is 7.56. The average Bonchev–Trinajstić information content (AvgIpc) is 3.31. The summed E-state index contributed by atoms with van der Waals surface area (Å²) >= 11 is 0. The van der Waals surface area contributed by atoms with Gasteiger partial charge in [0.05, 0.1) is 17.0 Å². The molecule has 212 valence electrons. The van der Waals surface area contributed by atoms with Crippen LogP contribution in [-0.4, -0.2) is 59.1 Å². The highest BCUT2D eigenvalue weighted by atomic mass is 32.2. The number of amides is 1. The van der Waals surface area contributed by atoms with Gasteiger partial charge in [-0.2, -0.15) is 9.29 Å². The maximum atomic E-state index is 13.7. The van der Waals surface area contributed by atoms with E-state index in [-0.39, 0.29) is 48.5 Å². The molecule has 0 aliphatic carbocycles.